The molecule has 1 amide bonds. The van der Waals surface area contributed by atoms with Gasteiger partial charge in [0, 0.05) is 30.8 Å². The van der Waals surface area contributed by atoms with Crippen molar-refractivity contribution in [3.8, 4) is 0 Å². The van der Waals surface area contributed by atoms with E-state index in [9.17, 15) is 4.79 Å². The van der Waals surface area contributed by atoms with E-state index in [0.717, 1.165) is 50.7 Å². The molecule has 126 valence electrons. The predicted molar refractivity (Wildman–Crippen MR) is 88.2 cm³/mol. The van der Waals surface area contributed by atoms with Crippen LogP contribution in [0.3, 0.4) is 0 Å². The first-order chi connectivity index (χ1) is 11.2. The second-order valence-corrected chi connectivity index (χ2v) is 6.44. The van der Waals surface area contributed by atoms with E-state index in [0.29, 0.717) is 12.4 Å². The van der Waals surface area contributed by atoms with E-state index in [4.69, 9.17) is 4.74 Å². The zero-order valence-corrected chi connectivity index (χ0v) is 13.9. The lowest BCUT2D eigenvalue weighted by Gasteiger charge is -2.28. The number of aromatic nitrogens is 2. The molecule has 6 heteroatoms. The lowest BCUT2D eigenvalue weighted by atomic mass is 9.89. The smallest absolute Gasteiger partial charge is 0.223 e. The maximum absolute atomic E-state index is 12.2. The first-order valence-corrected chi connectivity index (χ1v) is 8.67. The van der Waals surface area contributed by atoms with Crippen molar-refractivity contribution in [2.45, 2.75) is 45.6 Å². The lowest BCUT2D eigenvalue weighted by Crippen LogP contribution is -2.37. The van der Waals surface area contributed by atoms with Crippen LogP contribution in [0, 0.1) is 12.8 Å². The minimum absolute atomic E-state index is 0.155. The van der Waals surface area contributed by atoms with Gasteiger partial charge in [0.15, 0.2) is 0 Å². The minimum Gasteiger partial charge on any atom is -0.378 e. The van der Waals surface area contributed by atoms with Crippen LogP contribution in [0.4, 0.5) is 5.82 Å². The Morgan fingerprint density at radius 2 is 2.00 bits per heavy atom. The Balaban J connectivity index is 1.60. The van der Waals surface area contributed by atoms with E-state index in [-0.39, 0.29) is 11.8 Å². The highest BCUT2D eigenvalue weighted by Gasteiger charge is 2.21. The van der Waals surface area contributed by atoms with Gasteiger partial charge in [0.25, 0.3) is 0 Å². The molecule has 0 unspecified atom stereocenters. The summed E-state index contributed by atoms with van der Waals surface area (Å²) in [5.41, 5.74) is 0.934. The maximum Gasteiger partial charge on any atom is 0.223 e. The van der Waals surface area contributed by atoms with Crippen molar-refractivity contribution in [1.82, 2.24) is 15.3 Å². The molecule has 0 spiro atoms. The highest BCUT2D eigenvalue weighted by molar-refractivity contribution is 5.78. The first-order valence-electron chi connectivity index (χ1n) is 8.67. The molecule has 1 aliphatic carbocycles. The number of carbonyl (C=O) groups excluding carboxylic acids is 1. The summed E-state index contributed by atoms with van der Waals surface area (Å²) < 4.78 is 5.39. The van der Waals surface area contributed by atoms with Crippen molar-refractivity contribution in [3.05, 3.63) is 17.6 Å². The van der Waals surface area contributed by atoms with Gasteiger partial charge in [0.05, 0.1) is 19.8 Å². The van der Waals surface area contributed by atoms with Crippen LogP contribution in [0.15, 0.2) is 6.07 Å². The van der Waals surface area contributed by atoms with Gasteiger partial charge in [-0.05, 0) is 19.8 Å². The molecule has 23 heavy (non-hydrogen) atoms. The molecule has 2 fully saturated rings. The number of amides is 1. The number of hydrogen-bond donors (Lipinski definition) is 1. The van der Waals surface area contributed by atoms with Crippen LogP contribution in [-0.2, 0) is 16.1 Å². The van der Waals surface area contributed by atoms with Crippen molar-refractivity contribution in [3.63, 3.8) is 0 Å². The third-order valence-electron chi connectivity index (χ3n) is 4.62. The second kappa shape index (κ2) is 7.73. The first kappa shape index (κ1) is 16.2. The summed E-state index contributed by atoms with van der Waals surface area (Å²) in [6, 6.07) is 2.00. The summed E-state index contributed by atoms with van der Waals surface area (Å²) in [4.78, 5) is 23.5. The van der Waals surface area contributed by atoms with Gasteiger partial charge < -0.3 is 15.0 Å². The van der Waals surface area contributed by atoms with Crippen LogP contribution >= 0.6 is 0 Å². The molecule has 0 atom stereocenters. The van der Waals surface area contributed by atoms with Crippen LogP contribution in [0.5, 0.6) is 0 Å². The third-order valence-corrected chi connectivity index (χ3v) is 4.62. The SMILES string of the molecule is Cc1cc(N2CCOCC2)nc(CNC(=O)C2CCCCC2)n1. The number of anilines is 1. The monoisotopic (exact) mass is 318 g/mol. The fraction of sp³-hybridized carbons (Fsp3) is 0.706. The summed E-state index contributed by atoms with van der Waals surface area (Å²) >= 11 is 0. The Morgan fingerprint density at radius 1 is 1.26 bits per heavy atom. The van der Waals surface area contributed by atoms with E-state index < -0.39 is 0 Å². The predicted octanol–water partition coefficient (Wildman–Crippen LogP) is 1.82. The molecule has 0 aromatic carbocycles. The molecule has 1 aromatic heterocycles. The average Bonchev–Trinajstić information content (AvgIpc) is 2.61. The summed E-state index contributed by atoms with van der Waals surface area (Å²) in [7, 11) is 0. The zero-order chi connectivity index (χ0) is 16.1. The molecule has 1 saturated heterocycles. The van der Waals surface area contributed by atoms with Gasteiger partial charge in [0.1, 0.15) is 11.6 Å². The van der Waals surface area contributed by atoms with Crippen LogP contribution < -0.4 is 10.2 Å². The molecule has 0 radical (unpaired) electrons. The molecule has 2 aliphatic rings. The number of aryl methyl sites for hydroxylation is 1. The Hall–Kier alpha value is -1.69. The van der Waals surface area contributed by atoms with Crippen molar-refractivity contribution in [1.29, 1.82) is 0 Å². The summed E-state index contributed by atoms with van der Waals surface area (Å²) in [5, 5.41) is 3.02. The van der Waals surface area contributed by atoms with Crippen molar-refractivity contribution in [2.75, 3.05) is 31.2 Å². The lowest BCUT2D eigenvalue weighted by molar-refractivity contribution is -0.126. The highest BCUT2D eigenvalue weighted by Crippen LogP contribution is 2.23. The number of ether oxygens (including phenoxy) is 1. The van der Waals surface area contributed by atoms with E-state index in [2.05, 4.69) is 20.2 Å². The molecule has 6 nitrogen and oxygen atoms in total. The molecular formula is C17H26N4O2. The van der Waals surface area contributed by atoms with Crippen molar-refractivity contribution in [2.24, 2.45) is 5.92 Å². The van der Waals surface area contributed by atoms with Gasteiger partial charge in [-0.15, -0.1) is 0 Å². The molecule has 1 aromatic rings. The minimum atomic E-state index is 0.155. The molecule has 3 rings (SSSR count). The number of hydrogen-bond acceptors (Lipinski definition) is 5. The molecule has 1 saturated carbocycles. The third kappa shape index (κ3) is 4.41. The Labute approximate surface area is 137 Å². The largest absolute Gasteiger partial charge is 0.378 e. The van der Waals surface area contributed by atoms with Gasteiger partial charge in [0.2, 0.25) is 5.91 Å². The number of rotatable bonds is 4. The fourth-order valence-electron chi connectivity index (χ4n) is 3.32. The second-order valence-electron chi connectivity index (χ2n) is 6.44. The molecular weight excluding hydrogens is 292 g/mol. The van der Waals surface area contributed by atoms with Crippen molar-refractivity contribution >= 4 is 11.7 Å². The summed E-state index contributed by atoms with van der Waals surface area (Å²) in [6.07, 6.45) is 5.62. The van der Waals surface area contributed by atoms with Gasteiger partial charge >= 0.3 is 0 Å². The van der Waals surface area contributed by atoms with Crippen molar-refractivity contribution < 1.29 is 9.53 Å². The normalized spacial score (nSPS) is 19.6. The summed E-state index contributed by atoms with van der Waals surface area (Å²) in [5.74, 6) is 1.95. The standard InChI is InChI=1S/C17H26N4O2/c1-13-11-16(21-7-9-23-10-8-21)20-15(19-13)12-18-17(22)14-5-3-2-4-6-14/h11,14H,2-10,12H2,1H3,(H,18,22). The zero-order valence-electron chi connectivity index (χ0n) is 13.9. The van der Waals surface area contributed by atoms with E-state index in [1.54, 1.807) is 0 Å². The topological polar surface area (TPSA) is 67.3 Å². The number of morpholine rings is 1. The number of nitrogens with zero attached hydrogens (tertiary/aromatic N) is 3. The molecule has 1 aliphatic heterocycles. The van der Waals surface area contributed by atoms with Gasteiger partial charge in [-0.2, -0.15) is 0 Å². The van der Waals surface area contributed by atoms with Crippen LogP contribution in [-0.4, -0.2) is 42.2 Å². The Kier molecular flexibility index (Phi) is 5.43. The average molecular weight is 318 g/mol. The molecule has 0 bridgehead atoms. The van der Waals surface area contributed by atoms with Crippen LogP contribution in [0.2, 0.25) is 0 Å². The quantitative estimate of drug-likeness (QED) is 0.917. The van der Waals surface area contributed by atoms with E-state index in [1.807, 2.05) is 13.0 Å². The van der Waals surface area contributed by atoms with Crippen LogP contribution in [0.25, 0.3) is 0 Å². The number of carbonyl (C=O) groups is 1. The van der Waals surface area contributed by atoms with E-state index >= 15 is 0 Å². The Morgan fingerprint density at radius 3 is 2.74 bits per heavy atom. The molecule has 1 N–H and O–H groups in total. The molecule has 2 heterocycles. The maximum atomic E-state index is 12.2. The summed E-state index contributed by atoms with van der Waals surface area (Å²) in [6.45, 7) is 5.55. The van der Waals surface area contributed by atoms with Crippen LogP contribution in [0.1, 0.15) is 43.6 Å². The highest BCUT2D eigenvalue weighted by atomic mass is 16.5. The van der Waals surface area contributed by atoms with E-state index in [1.165, 1.54) is 19.3 Å². The van der Waals surface area contributed by atoms with Gasteiger partial charge in [-0.1, -0.05) is 19.3 Å². The van der Waals surface area contributed by atoms with Gasteiger partial charge in [-0.25, -0.2) is 9.97 Å². The number of nitrogens with one attached hydrogen (secondary N) is 1. The Bertz CT molecular complexity index is 537. The van der Waals surface area contributed by atoms with Gasteiger partial charge in [-0.3, -0.25) is 4.79 Å². The fourth-order valence-corrected chi connectivity index (χ4v) is 3.32.